The summed E-state index contributed by atoms with van der Waals surface area (Å²) in [6.45, 7) is 1.88. The minimum atomic E-state index is -0.408. The maximum atomic E-state index is 13.2. The highest BCUT2D eigenvalue weighted by atomic mass is 16.3. The Labute approximate surface area is 163 Å². The molecule has 2 aromatic carbocycles. The zero-order valence-electron chi connectivity index (χ0n) is 15.5. The van der Waals surface area contributed by atoms with E-state index in [2.05, 4.69) is 5.32 Å². The lowest BCUT2D eigenvalue weighted by molar-refractivity contribution is -0.706. The van der Waals surface area contributed by atoms with Crippen LogP contribution in [0.4, 0.5) is 11.4 Å². The molecule has 0 bridgehead atoms. The molecule has 0 saturated heterocycles. The van der Waals surface area contributed by atoms with Gasteiger partial charge in [-0.05, 0) is 31.2 Å². The summed E-state index contributed by atoms with van der Waals surface area (Å²) in [5.74, 6) is 0.474. The van der Waals surface area contributed by atoms with Crippen LogP contribution in [0.1, 0.15) is 24.3 Å². The number of amides is 2. The van der Waals surface area contributed by atoms with E-state index in [9.17, 15) is 9.59 Å². The van der Waals surface area contributed by atoms with Crippen LogP contribution in [0.15, 0.2) is 77.4 Å². The van der Waals surface area contributed by atoms with Crippen molar-refractivity contribution in [1.82, 2.24) is 0 Å². The standard InChI is InChI=1S/C22H21N3O3/c1-15(22(27)25-14-20(26)24-17-10-5-6-11-18(17)25)23-21(19-12-7-13-28-19)16-8-3-2-4-9-16/h2-13,15,21,23H,14H2,1H3,(H,24,26)/p+1/t15-,21-/m0/s1. The summed E-state index contributed by atoms with van der Waals surface area (Å²) in [4.78, 5) is 26.8. The summed E-state index contributed by atoms with van der Waals surface area (Å²) in [5, 5.41) is 4.79. The second kappa shape index (κ2) is 7.70. The molecule has 4 rings (SSSR count). The second-order valence-electron chi connectivity index (χ2n) is 6.87. The quantitative estimate of drug-likeness (QED) is 0.717. The molecule has 0 radical (unpaired) electrons. The first-order valence-electron chi connectivity index (χ1n) is 9.27. The minimum absolute atomic E-state index is 0.0186. The van der Waals surface area contributed by atoms with Gasteiger partial charge >= 0.3 is 0 Å². The van der Waals surface area contributed by atoms with Crippen molar-refractivity contribution in [3.8, 4) is 0 Å². The number of anilines is 2. The minimum Gasteiger partial charge on any atom is -0.463 e. The van der Waals surface area contributed by atoms with Gasteiger partial charge in [-0.1, -0.05) is 42.5 Å². The van der Waals surface area contributed by atoms with Crippen molar-refractivity contribution >= 4 is 23.2 Å². The van der Waals surface area contributed by atoms with Gasteiger partial charge in [0.05, 0.1) is 17.6 Å². The summed E-state index contributed by atoms with van der Waals surface area (Å²) in [6, 6.07) is 20.5. The van der Waals surface area contributed by atoms with Crippen LogP contribution in [0.2, 0.25) is 0 Å². The van der Waals surface area contributed by atoms with Gasteiger partial charge in [-0.25, -0.2) is 0 Å². The maximum absolute atomic E-state index is 13.2. The molecule has 3 N–H and O–H groups in total. The highest BCUT2D eigenvalue weighted by Gasteiger charge is 2.33. The summed E-state index contributed by atoms with van der Waals surface area (Å²) >= 11 is 0. The molecular formula is C22H22N3O3+. The Morgan fingerprint density at radius 3 is 2.57 bits per heavy atom. The molecule has 1 aliphatic rings. The largest absolute Gasteiger partial charge is 0.463 e. The van der Waals surface area contributed by atoms with E-state index in [1.165, 1.54) is 0 Å². The molecule has 142 valence electrons. The number of furan rings is 1. The molecule has 2 amide bonds. The van der Waals surface area contributed by atoms with E-state index in [4.69, 9.17) is 4.42 Å². The molecule has 2 heterocycles. The molecule has 2 atom stereocenters. The van der Waals surface area contributed by atoms with Gasteiger partial charge < -0.3 is 15.1 Å². The number of carbonyl (C=O) groups excluding carboxylic acids is 2. The van der Waals surface area contributed by atoms with Gasteiger partial charge in [0.25, 0.3) is 5.91 Å². The number of nitrogens with zero attached hydrogens (tertiary/aromatic N) is 1. The van der Waals surface area contributed by atoms with Crippen molar-refractivity contribution in [1.29, 1.82) is 0 Å². The molecular weight excluding hydrogens is 354 g/mol. The number of hydrogen-bond donors (Lipinski definition) is 2. The van der Waals surface area contributed by atoms with E-state index < -0.39 is 6.04 Å². The van der Waals surface area contributed by atoms with Crippen LogP contribution in [0.3, 0.4) is 0 Å². The lowest BCUT2D eigenvalue weighted by atomic mass is 10.0. The molecule has 0 unspecified atom stereocenters. The van der Waals surface area contributed by atoms with E-state index in [1.807, 2.05) is 72.9 Å². The van der Waals surface area contributed by atoms with E-state index in [0.717, 1.165) is 17.0 Å². The number of para-hydroxylation sites is 2. The highest BCUT2D eigenvalue weighted by molar-refractivity contribution is 6.10. The summed E-state index contributed by atoms with van der Waals surface area (Å²) in [6.07, 6.45) is 1.64. The SMILES string of the molecule is C[C@H]([NH2+][C@@H](c1ccccc1)c1ccco1)C(=O)N1CC(=O)Nc2ccccc21. The number of fused-ring (bicyclic) bond motifs is 1. The van der Waals surface area contributed by atoms with Crippen LogP contribution in [-0.2, 0) is 9.59 Å². The van der Waals surface area contributed by atoms with E-state index in [0.29, 0.717) is 5.69 Å². The van der Waals surface area contributed by atoms with Crippen molar-refractivity contribution in [2.45, 2.75) is 19.0 Å². The summed E-state index contributed by atoms with van der Waals surface area (Å²) in [5.41, 5.74) is 2.43. The first-order chi connectivity index (χ1) is 13.6. The van der Waals surface area contributed by atoms with Gasteiger partial charge in [-0.2, -0.15) is 0 Å². The van der Waals surface area contributed by atoms with Crippen molar-refractivity contribution in [3.63, 3.8) is 0 Å². The Morgan fingerprint density at radius 2 is 1.82 bits per heavy atom. The molecule has 0 spiro atoms. The zero-order valence-corrected chi connectivity index (χ0v) is 15.5. The van der Waals surface area contributed by atoms with Crippen molar-refractivity contribution in [3.05, 3.63) is 84.3 Å². The number of benzene rings is 2. The number of carbonyl (C=O) groups is 2. The van der Waals surface area contributed by atoms with Gasteiger partial charge in [-0.15, -0.1) is 0 Å². The lowest BCUT2D eigenvalue weighted by Crippen LogP contribution is -2.93. The highest BCUT2D eigenvalue weighted by Crippen LogP contribution is 2.29. The van der Waals surface area contributed by atoms with Crippen LogP contribution >= 0.6 is 0 Å². The Morgan fingerprint density at radius 1 is 1.07 bits per heavy atom. The third-order valence-corrected chi connectivity index (χ3v) is 4.92. The van der Waals surface area contributed by atoms with Crippen LogP contribution in [0.25, 0.3) is 0 Å². The predicted molar refractivity (Wildman–Crippen MR) is 106 cm³/mol. The molecule has 28 heavy (non-hydrogen) atoms. The topological polar surface area (TPSA) is 79.2 Å². The van der Waals surface area contributed by atoms with E-state index in [-0.39, 0.29) is 24.4 Å². The smallest absolute Gasteiger partial charge is 0.285 e. The van der Waals surface area contributed by atoms with Gasteiger partial charge in [0, 0.05) is 5.56 Å². The van der Waals surface area contributed by atoms with E-state index >= 15 is 0 Å². The van der Waals surface area contributed by atoms with Gasteiger partial charge in [0.2, 0.25) is 5.91 Å². The number of nitrogens with two attached hydrogens (primary N) is 1. The summed E-state index contributed by atoms with van der Waals surface area (Å²) < 4.78 is 5.63. The summed E-state index contributed by atoms with van der Waals surface area (Å²) in [7, 11) is 0. The number of nitrogens with one attached hydrogen (secondary N) is 1. The molecule has 6 nitrogen and oxygen atoms in total. The molecule has 6 heteroatoms. The Kier molecular flexibility index (Phi) is 4.95. The van der Waals surface area contributed by atoms with Crippen molar-refractivity contribution < 1.29 is 19.3 Å². The lowest BCUT2D eigenvalue weighted by Gasteiger charge is -2.31. The van der Waals surface area contributed by atoms with Crippen molar-refractivity contribution in [2.75, 3.05) is 16.8 Å². The number of hydrogen-bond acceptors (Lipinski definition) is 3. The predicted octanol–water partition coefficient (Wildman–Crippen LogP) is 2.31. The van der Waals surface area contributed by atoms with Crippen LogP contribution in [-0.4, -0.2) is 24.4 Å². The van der Waals surface area contributed by atoms with Gasteiger partial charge in [0.1, 0.15) is 6.54 Å². The monoisotopic (exact) mass is 376 g/mol. The molecule has 1 aromatic heterocycles. The molecule has 0 fully saturated rings. The van der Waals surface area contributed by atoms with E-state index in [1.54, 1.807) is 17.2 Å². The normalized spacial score (nSPS) is 15.5. The fourth-order valence-corrected chi connectivity index (χ4v) is 3.55. The third-order valence-electron chi connectivity index (χ3n) is 4.92. The maximum Gasteiger partial charge on any atom is 0.285 e. The fourth-order valence-electron chi connectivity index (χ4n) is 3.55. The van der Waals surface area contributed by atoms with Gasteiger partial charge in [-0.3, -0.25) is 14.5 Å². The average molecular weight is 376 g/mol. The Hall–Kier alpha value is -3.38. The van der Waals surface area contributed by atoms with Crippen LogP contribution in [0, 0.1) is 0 Å². The Bertz CT molecular complexity index is 970. The van der Waals surface area contributed by atoms with Crippen molar-refractivity contribution in [2.24, 2.45) is 0 Å². The first kappa shape index (κ1) is 18.0. The van der Waals surface area contributed by atoms with Gasteiger partial charge in [0.15, 0.2) is 17.8 Å². The Balaban J connectivity index is 1.59. The van der Waals surface area contributed by atoms with Crippen LogP contribution < -0.4 is 15.5 Å². The second-order valence-corrected chi connectivity index (χ2v) is 6.87. The molecule has 1 aliphatic heterocycles. The first-order valence-corrected chi connectivity index (χ1v) is 9.27. The molecule has 3 aromatic rings. The number of quaternary nitrogens is 1. The fraction of sp³-hybridized carbons (Fsp3) is 0.182. The number of rotatable bonds is 5. The molecule has 0 saturated carbocycles. The zero-order chi connectivity index (χ0) is 19.5. The third kappa shape index (κ3) is 3.54. The van der Waals surface area contributed by atoms with Crippen LogP contribution in [0.5, 0.6) is 0 Å². The average Bonchev–Trinajstić information content (AvgIpc) is 3.25. The molecule has 0 aliphatic carbocycles.